The molecule has 1 aliphatic heterocycles. The molecule has 4 rings (SSSR count). The van der Waals surface area contributed by atoms with Gasteiger partial charge in [0.15, 0.2) is 0 Å². The third-order valence-corrected chi connectivity index (χ3v) is 4.28. The summed E-state index contributed by atoms with van der Waals surface area (Å²) in [5.41, 5.74) is 2.09. The number of benzene rings is 2. The van der Waals surface area contributed by atoms with Gasteiger partial charge in [-0.05, 0) is 23.3 Å². The van der Waals surface area contributed by atoms with Crippen molar-refractivity contribution in [2.24, 2.45) is 0 Å². The minimum atomic E-state index is -0.809. The summed E-state index contributed by atoms with van der Waals surface area (Å²) >= 11 is 0. The summed E-state index contributed by atoms with van der Waals surface area (Å²) in [6.07, 6.45) is 1.13. The zero-order valence-electron chi connectivity index (χ0n) is 11.4. The molecule has 1 fully saturated rings. The smallest absolute Gasteiger partial charge is 0.322 e. The number of nitrogens with zero attached hydrogens (tertiary/aromatic N) is 1. The Labute approximate surface area is 122 Å². The summed E-state index contributed by atoms with van der Waals surface area (Å²) in [7, 11) is 0. The van der Waals surface area contributed by atoms with Crippen LogP contribution in [-0.4, -0.2) is 17.5 Å². The minimum absolute atomic E-state index is 0.157. The maximum atomic E-state index is 12.9. The maximum Gasteiger partial charge on any atom is 0.329 e. The lowest BCUT2D eigenvalue weighted by Gasteiger charge is -2.20. The number of anilines is 1. The molecule has 21 heavy (non-hydrogen) atoms. The molecule has 1 aliphatic carbocycles. The Bertz CT molecular complexity index is 714. The van der Waals surface area contributed by atoms with E-state index in [1.807, 2.05) is 42.5 Å². The van der Waals surface area contributed by atoms with Crippen LogP contribution in [0.15, 0.2) is 54.6 Å². The summed E-state index contributed by atoms with van der Waals surface area (Å²) in [4.78, 5) is 26.4. The third-order valence-electron chi connectivity index (χ3n) is 4.28. The van der Waals surface area contributed by atoms with E-state index in [1.165, 1.54) is 4.90 Å². The molecule has 1 spiro atoms. The molecular weight excluding hydrogens is 264 g/mol. The Morgan fingerprint density at radius 1 is 0.857 bits per heavy atom. The first-order valence-corrected chi connectivity index (χ1v) is 6.98. The maximum absolute atomic E-state index is 12.9. The summed E-state index contributed by atoms with van der Waals surface area (Å²) in [5.74, 6) is -0.157. The molecule has 104 valence electrons. The number of carbonyl (C=O) groups excluding carboxylic acids is 2. The Morgan fingerprint density at radius 3 is 2.05 bits per heavy atom. The van der Waals surface area contributed by atoms with E-state index in [1.54, 1.807) is 12.1 Å². The molecule has 1 N–H and O–H groups in total. The van der Waals surface area contributed by atoms with Crippen LogP contribution in [0.3, 0.4) is 0 Å². The largest absolute Gasteiger partial charge is 0.329 e. The molecule has 1 saturated heterocycles. The predicted octanol–water partition coefficient (Wildman–Crippen LogP) is 2.28. The number of rotatable bonds is 1. The van der Waals surface area contributed by atoms with E-state index in [-0.39, 0.29) is 11.9 Å². The van der Waals surface area contributed by atoms with Crippen molar-refractivity contribution in [3.05, 3.63) is 65.7 Å². The van der Waals surface area contributed by atoms with Gasteiger partial charge in [0.1, 0.15) is 5.54 Å². The van der Waals surface area contributed by atoms with E-state index in [4.69, 9.17) is 0 Å². The fraction of sp³-hybridized carbons (Fsp3) is 0.176. The fourth-order valence-electron chi connectivity index (χ4n) is 3.29. The first-order chi connectivity index (χ1) is 10.2. The molecule has 0 saturated carbocycles. The zero-order valence-corrected chi connectivity index (χ0v) is 11.4. The number of hydrogen-bond acceptors (Lipinski definition) is 2. The SMILES string of the molecule is O=C1NC2(Cc3ccccc3C2)C(=O)N1c1ccccc1. The van der Waals surface area contributed by atoms with E-state index < -0.39 is 5.54 Å². The zero-order chi connectivity index (χ0) is 14.4. The molecule has 0 aromatic heterocycles. The fourth-order valence-corrected chi connectivity index (χ4v) is 3.29. The average molecular weight is 278 g/mol. The lowest BCUT2D eigenvalue weighted by molar-refractivity contribution is -0.121. The molecule has 0 atom stereocenters. The molecule has 0 unspecified atom stereocenters. The van der Waals surface area contributed by atoms with Gasteiger partial charge < -0.3 is 5.32 Å². The molecule has 4 heteroatoms. The molecular formula is C17H14N2O2. The number of imide groups is 1. The van der Waals surface area contributed by atoms with Gasteiger partial charge in [-0.25, -0.2) is 9.69 Å². The van der Waals surface area contributed by atoms with Crippen LogP contribution in [0.25, 0.3) is 0 Å². The second kappa shape index (κ2) is 4.19. The van der Waals surface area contributed by atoms with Crippen molar-refractivity contribution in [3.63, 3.8) is 0 Å². The lowest BCUT2D eigenvalue weighted by atomic mass is 9.96. The van der Waals surface area contributed by atoms with Crippen LogP contribution in [0.1, 0.15) is 11.1 Å². The van der Waals surface area contributed by atoms with Gasteiger partial charge in [-0.15, -0.1) is 0 Å². The van der Waals surface area contributed by atoms with E-state index >= 15 is 0 Å². The number of hydrogen-bond donors (Lipinski definition) is 1. The van der Waals surface area contributed by atoms with Crippen LogP contribution >= 0.6 is 0 Å². The second-order valence-electron chi connectivity index (χ2n) is 5.61. The van der Waals surface area contributed by atoms with Crippen molar-refractivity contribution in [2.75, 3.05) is 4.90 Å². The highest BCUT2D eigenvalue weighted by molar-refractivity contribution is 6.23. The van der Waals surface area contributed by atoms with Gasteiger partial charge in [-0.3, -0.25) is 4.79 Å². The number of nitrogens with one attached hydrogen (secondary N) is 1. The monoisotopic (exact) mass is 278 g/mol. The van der Waals surface area contributed by atoms with Crippen molar-refractivity contribution >= 4 is 17.6 Å². The Balaban J connectivity index is 1.72. The van der Waals surface area contributed by atoms with E-state index in [9.17, 15) is 9.59 Å². The molecule has 0 bridgehead atoms. The first-order valence-electron chi connectivity index (χ1n) is 6.98. The molecule has 3 amide bonds. The predicted molar refractivity (Wildman–Crippen MR) is 79.0 cm³/mol. The Kier molecular flexibility index (Phi) is 2.42. The summed E-state index contributed by atoms with van der Waals surface area (Å²) < 4.78 is 0. The molecule has 2 aromatic rings. The van der Waals surface area contributed by atoms with Crippen LogP contribution < -0.4 is 10.2 Å². The highest BCUT2D eigenvalue weighted by Gasteiger charge is 2.54. The third kappa shape index (κ3) is 1.69. The number of fused-ring (bicyclic) bond motifs is 1. The lowest BCUT2D eigenvalue weighted by Crippen LogP contribution is -2.47. The van der Waals surface area contributed by atoms with Crippen LogP contribution in [-0.2, 0) is 17.6 Å². The summed E-state index contributed by atoms with van der Waals surface area (Å²) in [5, 5.41) is 2.91. The van der Waals surface area contributed by atoms with Gasteiger partial charge in [0, 0.05) is 12.8 Å². The van der Waals surface area contributed by atoms with Crippen molar-refractivity contribution in [1.82, 2.24) is 5.32 Å². The summed E-state index contributed by atoms with van der Waals surface area (Å²) in [6, 6.07) is 16.7. The highest BCUT2D eigenvalue weighted by Crippen LogP contribution is 2.36. The molecule has 2 aliphatic rings. The standard InChI is InChI=1S/C17H14N2O2/c20-15-17(10-12-6-4-5-7-13(12)11-17)18-16(21)19(15)14-8-2-1-3-9-14/h1-9H,10-11H2,(H,18,21). The quantitative estimate of drug-likeness (QED) is 0.814. The molecule has 1 heterocycles. The Morgan fingerprint density at radius 2 is 1.43 bits per heavy atom. The van der Waals surface area contributed by atoms with Gasteiger partial charge >= 0.3 is 6.03 Å². The van der Waals surface area contributed by atoms with Gasteiger partial charge in [0.2, 0.25) is 0 Å². The average Bonchev–Trinajstić information content (AvgIpc) is 2.97. The minimum Gasteiger partial charge on any atom is -0.322 e. The molecule has 4 nitrogen and oxygen atoms in total. The van der Waals surface area contributed by atoms with E-state index in [0.29, 0.717) is 18.5 Å². The van der Waals surface area contributed by atoms with Gasteiger partial charge in [-0.1, -0.05) is 42.5 Å². The molecule has 0 radical (unpaired) electrons. The number of urea groups is 1. The van der Waals surface area contributed by atoms with Gasteiger partial charge in [0.05, 0.1) is 5.69 Å². The van der Waals surface area contributed by atoms with Crippen molar-refractivity contribution in [1.29, 1.82) is 0 Å². The van der Waals surface area contributed by atoms with Crippen LogP contribution in [0.4, 0.5) is 10.5 Å². The van der Waals surface area contributed by atoms with Gasteiger partial charge in [-0.2, -0.15) is 0 Å². The Hall–Kier alpha value is -2.62. The first kappa shape index (κ1) is 12.1. The summed E-state index contributed by atoms with van der Waals surface area (Å²) in [6.45, 7) is 0. The highest BCUT2D eigenvalue weighted by atomic mass is 16.2. The molecule has 2 aromatic carbocycles. The number of carbonyl (C=O) groups is 2. The van der Waals surface area contributed by atoms with Crippen LogP contribution in [0.5, 0.6) is 0 Å². The van der Waals surface area contributed by atoms with Crippen molar-refractivity contribution in [3.8, 4) is 0 Å². The van der Waals surface area contributed by atoms with Gasteiger partial charge in [0.25, 0.3) is 5.91 Å². The number of para-hydroxylation sites is 1. The van der Waals surface area contributed by atoms with E-state index in [2.05, 4.69) is 5.32 Å². The topological polar surface area (TPSA) is 49.4 Å². The van der Waals surface area contributed by atoms with Crippen molar-refractivity contribution in [2.45, 2.75) is 18.4 Å². The second-order valence-corrected chi connectivity index (χ2v) is 5.61. The van der Waals surface area contributed by atoms with Crippen LogP contribution in [0, 0.1) is 0 Å². The van der Waals surface area contributed by atoms with E-state index in [0.717, 1.165) is 11.1 Å². The number of amides is 3. The normalized spacial score (nSPS) is 19.0. The van der Waals surface area contributed by atoms with Crippen molar-refractivity contribution < 1.29 is 9.59 Å². The van der Waals surface area contributed by atoms with Crippen LogP contribution in [0.2, 0.25) is 0 Å².